The molecule has 2 amide bonds. The molecule has 1 atom stereocenters. The van der Waals surface area contributed by atoms with Crippen molar-refractivity contribution >= 4 is 17.6 Å². The highest BCUT2D eigenvalue weighted by atomic mass is 19.2. The maximum atomic E-state index is 13.8. The molecule has 0 radical (unpaired) electrons. The first-order valence-electron chi connectivity index (χ1n) is 9.31. The number of hydrogen-bond donors (Lipinski definition) is 2. The van der Waals surface area contributed by atoms with Crippen molar-refractivity contribution in [2.24, 2.45) is 0 Å². The number of H-pyrrole nitrogens is 1. The number of rotatable bonds is 4. The minimum absolute atomic E-state index is 0.0601. The van der Waals surface area contributed by atoms with Crippen molar-refractivity contribution in [3.8, 4) is 0 Å². The normalized spacial score (nSPS) is 16.3. The number of halogens is 2. The van der Waals surface area contributed by atoms with Crippen LogP contribution in [0.4, 0.5) is 14.6 Å². The third kappa shape index (κ3) is 3.65. The summed E-state index contributed by atoms with van der Waals surface area (Å²) in [5, 5.41) is 14.6. The Morgan fingerprint density at radius 1 is 1.33 bits per heavy atom. The fraction of sp³-hybridized carbons (Fsp3) is 0.316. The smallest absolute Gasteiger partial charge is 0.289 e. The molecule has 9 nitrogen and oxygen atoms in total. The van der Waals surface area contributed by atoms with Crippen molar-refractivity contribution in [3.63, 3.8) is 0 Å². The Bertz CT molecular complexity index is 1120. The van der Waals surface area contributed by atoms with Crippen LogP contribution in [0.1, 0.15) is 34.1 Å². The molecule has 0 saturated carbocycles. The van der Waals surface area contributed by atoms with Gasteiger partial charge in [0.1, 0.15) is 17.7 Å². The van der Waals surface area contributed by atoms with Gasteiger partial charge < -0.3 is 10.3 Å². The average molecular weight is 415 g/mol. The number of carbonyl (C=O) groups excluding carboxylic acids is 2. The van der Waals surface area contributed by atoms with Crippen LogP contribution in [0.3, 0.4) is 0 Å². The van der Waals surface area contributed by atoms with Crippen molar-refractivity contribution < 1.29 is 18.4 Å². The number of aryl methyl sites for hydroxylation is 2. The number of aromatic amines is 1. The minimum Gasteiger partial charge on any atom is -0.337 e. The van der Waals surface area contributed by atoms with E-state index in [9.17, 15) is 18.4 Å². The number of anilines is 1. The second kappa shape index (κ2) is 7.65. The van der Waals surface area contributed by atoms with Crippen LogP contribution in [-0.2, 0) is 17.8 Å². The number of nitrogens with one attached hydrogen (secondary N) is 2. The molecule has 30 heavy (non-hydrogen) atoms. The summed E-state index contributed by atoms with van der Waals surface area (Å²) in [6, 6.07) is 4.87. The number of aromatic nitrogens is 5. The molecule has 2 aromatic heterocycles. The summed E-state index contributed by atoms with van der Waals surface area (Å²) in [7, 11) is 1.62. The Morgan fingerprint density at radius 3 is 2.93 bits per heavy atom. The number of nitrogens with zero attached hydrogens (tertiary/aromatic N) is 5. The molecule has 3 heterocycles. The van der Waals surface area contributed by atoms with Gasteiger partial charge in [-0.15, -0.1) is 10.2 Å². The van der Waals surface area contributed by atoms with Gasteiger partial charge in [-0.2, -0.15) is 5.10 Å². The van der Waals surface area contributed by atoms with Crippen LogP contribution in [0.25, 0.3) is 0 Å². The summed E-state index contributed by atoms with van der Waals surface area (Å²) in [6.45, 7) is 2.31. The first kappa shape index (κ1) is 19.7. The first-order valence-corrected chi connectivity index (χ1v) is 9.31. The van der Waals surface area contributed by atoms with Crippen molar-refractivity contribution in [2.75, 3.05) is 11.9 Å². The van der Waals surface area contributed by atoms with Crippen LogP contribution in [0, 0.1) is 18.6 Å². The molecule has 2 N–H and O–H groups in total. The summed E-state index contributed by atoms with van der Waals surface area (Å²) in [5.74, 6) is -2.08. The van der Waals surface area contributed by atoms with Crippen LogP contribution in [0.5, 0.6) is 0 Å². The van der Waals surface area contributed by atoms with Gasteiger partial charge in [0.25, 0.3) is 11.8 Å². The van der Waals surface area contributed by atoms with Crippen LogP contribution in [0.15, 0.2) is 24.3 Å². The molecule has 0 bridgehead atoms. The molecular weight excluding hydrogens is 396 g/mol. The Balaban J connectivity index is 1.45. The third-order valence-electron chi connectivity index (χ3n) is 4.93. The highest BCUT2D eigenvalue weighted by Gasteiger charge is 2.31. The topological polar surface area (TPSA) is 109 Å². The van der Waals surface area contributed by atoms with Crippen molar-refractivity contribution in [1.29, 1.82) is 0 Å². The average Bonchev–Trinajstić information content (AvgIpc) is 3.31. The molecule has 3 aromatic rings. The number of benzene rings is 1. The van der Waals surface area contributed by atoms with E-state index in [0.717, 1.165) is 11.8 Å². The highest BCUT2D eigenvalue weighted by Crippen LogP contribution is 2.21. The van der Waals surface area contributed by atoms with Gasteiger partial charge in [-0.25, -0.2) is 13.5 Å². The predicted molar refractivity (Wildman–Crippen MR) is 102 cm³/mol. The van der Waals surface area contributed by atoms with E-state index in [1.807, 2.05) is 6.92 Å². The van der Waals surface area contributed by atoms with Crippen LogP contribution >= 0.6 is 0 Å². The maximum Gasteiger partial charge on any atom is 0.289 e. The van der Waals surface area contributed by atoms with Gasteiger partial charge in [0, 0.05) is 26.1 Å². The number of likely N-dealkylation sites (N-methyl/N-ethyl adjacent to an activating group) is 1. The number of hydrogen-bond acceptors (Lipinski definition) is 5. The quantitative estimate of drug-likeness (QED) is 0.669. The number of carbonyl (C=O) groups is 2. The van der Waals surface area contributed by atoms with Crippen LogP contribution < -0.4 is 10.2 Å². The molecule has 1 aromatic carbocycles. The molecule has 1 aliphatic rings. The molecule has 1 aliphatic heterocycles. The lowest BCUT2D eigenvalue weighted by atomic mass is 10.1. The second-order valence-electron chi connectivity index (χ2n) is 7.09. The van der Waals surface area contributed by atoms with E-state index in [1.165, 1.54) is 17.0 Å². The van der Waals surface area contributed by atoms with Crippen molar-refractivity contribution in [2.45, 2.75) is 32.4 Å². The van der Waals surface area contributed by atoms with E-state index in [-0.39, 0.29) is 29.5 Å². The van der Waals surface area contributed by atoms with Crippen LogP contribution in [-0.4, -0.2) is 49.9 Å². The summed E-state index contributed by atoms with van der Waals surface area (Å²) >= 11 is 0. The molecule has 0 aliphatic carbocycles. The first-order chi connectivity index (χ1) is 14.3. The predicted octanol–water partition coefficient (Wildman–Crippen LogP) is 1.34. The molecule has 4 rings (SSSR count). The standard InChI is InChI=1S/C19H19F2N7O2/c1-10-8-15-27(2)19(30)13(6-7-28(15)26-10)22-18(29)17-23-14(24-25-17)9-11-4-3-5-12(20)16(11)21/h3-5,8,13H,6-7,9H2,1-2H3,(H,22,29)(H,23,24,25)/t13-/m1/s1. The van der Waals surface area contributed by atoms with Gasteiger partial charge in [0.15, 0.2) is 11.6 Å². The van der Waals surface area contributed by atoms with Gasteiger partial charge in [0.2, 0.25) is 5.82 Å². The molecule has 0 fully saturated rings. The van der Waals surface area contributed by atoms with Crippen molar-refractivity contribution in [1.82, 2.24) is 30.3 Å². The zero-order valence-electron chi connectivity index (χ0n) is 16.3. The summed E-state index contributed by atoms with van der Waals surface area (Å²) in [6.07, 6.45) is 0.300. The van der Waals surface area contributed by atoms with Gasteiger partial charge in [-0.05, 0) is 25.0 Å². The third-order valence-corrected chi connectivity index (χ3v) is 4.93. The summed E-state index contributed by atoms with van der Waals surface area (Å²) in [4.78, 5) is 29.5. The molecule has 0 unspecified atom stereocenters. The molecule has 11 heteroatoms. The lowest BCUT2D eigenvalue weighted by Crippen LogP contribution is -2.47. The zero-order valence-corrected chi connectivity index (χ0v) is 16.3. The number of fused-ring (bicyclic) bond motifs is 1. The summed E-state index contributed by atoms with van der Waals surface area (Å²) < 4.78 is 28.9. The van der Waals surface area contributed by atoms with Crippen molar-refractivity contribution in [3.05, 3.63) is 58.8 Å². The van der Waals surface area contributed by atoms with E-state index in [2.05, 4.69) is 25.6 Å². The second-order valence-corrected chi connectivity index (χ2v) is 7.09. The van der Waals surface area contributed by atoms with Gasteiger partial charge in [-0.3, -0.25) is 14.5 Å². The van der Waals surface area contributed by atoms with E-state index < -0.39 is 23.6 Å². The van der Waals surface area contributed by atoms with E-state index in [0.29, 0.717) is 18.8 Å². The van der Waals surface area contributed by atoms with E-state index in [4.69, 9.17) is 0 Å². The Morgan fingerprint density at radius 2 is 2.13 bits per heavy atom. The molecular formula is C19H19F2N7O2. The molecule has 0 saturated heterocycles. The minimum atomic E-state index is -0.972. The Kier molecular flexibility index (Phi) is 5.02. The summed E-state index contributed by atoms with van der Waals surface area (Å²) in [5.41, 5.74) is 0.888. The molecule has 0 spiro atoms. The van der Waals surface area contributed by atoms with E-state index >= 15 is 0 Å². The zero-order chi connectivity index (χ0) is 21.4. The SMILES string of the molecule is Cc1cc2n(n1)CC[C@@H](NC(=O)c1nnc(Cc3cccc(F)c3F)[nH]1)C(=O)N2C. The van der Waals surface area contributed by atoms with E-state index in [1.54, 1.807) is 17.8 Å². The highest BCUT2D eigenvalue weighted by molar-refractivity contribution is 6.00. The Hall–Kier alpha value is -3.63. The van der Waals surface area contributed by atoms with Gasteiger partial charge in [-0.1, -0.05) is 12.1 Å². The lowest BCUT2D eigenvalue weighted by molar-refractivity contribution is -0.120. The molecule has 156 valence electrons. The number of amides is 2. The van der Waals surface area contributed by atoms with Crippen LogP contribution in [0.2, 0.25) is 0 Å². The lowest BCUT2D eigenvalue weighted by Gasteiger charge is -2.19. The Labute approximate surface area is 170 Å². The fourth-order valence-electron chi connectivity index (χ4n) is 3.39. The largest absolute Gasteiger partial charge is 0.337 e. The maximum absolute atomic E-state index is 13.8. The van der Waals surface area contributed by atoms with Gasteiger partial charge >= 0.3 is 0 Å². The monoisotopic (exact) mass is 415 g/mol. The fourth-order valence-corrected chi connectivity index (χ4v) is 3.39. The van der Waals surface area contributed by atoms with Gasteiger partial charge in [0.05, 0.1) is 5.69 Å².